The Bertz CT molecular complexity index is 952. The lowest BCUT2D eigenvalue weighted by atomic mass is 10.1. The van der Waals surface area contributed by atoms with Crippen LogP contribution in [0.5, 0.6) is 0 Å². The molecule has 2 N–H and O–H groups in total. The minimum absolute atomic E-state index is 0.0197. The van der Waals surface area contributed by atoms with Crippen molar-refractivity contribution in [2.75, 3.05) is 30.3 Å². The van der Waals surface area contributed by atoms with Gasteiger partial charge in [-0.25, -0.2) is 0 Å². The summed E-state index contributed by atoms with van der Waals surface area (Å²) in [6.07, 6.45) is 0.734. The summed E-state index contributed by atoms with van der Waals surface area (Å²) >= 11 is 11.9. The average molecular weight is 453 g/mol. The van der Waals surface area contributed by atoms with Crippen molar-refractivity contribution >= 4 is 52.1 Å². The highest BCUT2D eigenvalue weighted by Gasteiger charge is 2.18. The van der Waals surface area contributed by atoms with E-state index >= 15 is 0 Å². The Morgan fingerprint density at radius 3 is 2.27 bits per heavy atom. The van der Waals surface area contributed by atoms with Crippen molar-refractivity contribution in [1.29, 1.82) is 0 Å². The molecule has 0 saturated carbocycles. The zero-order valence-corrected chi connectivity index (χ0v) is 18.1. The third-order valence-corrected chi connectivity index (χ3v) is 4.80. The van der Waals surface area contributed by atoms with E-state index in [-0.39, 0.29) is 30.6 Å². The molecule has 2 amide bonds. The van der Waals surface area contributed by atoms with E-state index in [2.05, 4.69) is 10.6 Å². The fraction of sp³-hybridized carbons (Fsp3) is 0.300. The molecule has 160 valence electrons. The minimum Gasteiger partial charge on any atom is -0.324 e. The van der Waals surface area contributed by atoms with Crippen LogP contribution in [0, 0.1) is 17.0 Å². The van der Waals surface area contributed by atoms with Crippen molar-refractivity contribution < 1.29 is 14.5 Å². The molecule has 0 saturated heterocycles. The Labute approximate surface area is 184 Å². The SMILES string of the molecule is CCCN(CC(=O)Nc1ccc(Cl)cc1Cl)CC(=O)Nc1cccc([N+](=O)[O-])c1C. The van der Waals surface area contributed by atoms with Crippen molar-refractivity contribution in [3.05, 3.63) is 62.1 Å². The minimum atomic E-state index is -0.499. The summed E-state index contributed by atoms with van der Waals surface area (Å²) in [5, 5.41) is 17.2. The third-order valence-electron chi connectivity index (χ3n) is 4.26. The zero-order valence-electron chi connectivity index (χ0n) is 16.6. The molecule has 10 heteroatoms. The molecule has 0 aliphatic carbocycles. The fourth-order valence-electron chi connectivity index (χ4n) is 2.86. The molecule has 0 radical (unpaired) electrons. The van der Waals surface area contributed by atoms with E-state index in [1.165, 1.54) is 18.2 Å². The third kappa shape index (κ3) is 6.69. The van der Waals surface area contributed by atoms with Gasteiger partial charge in [0, 0.05) is 11.1 Å². The molecule has 0 unspecified atom stereocenters. The Morgan fingerprint density at radius 2 is 1.70 bits per heavy atom. The standard InChI is InChI=1S/C20H22Cl2N4O4/c1-3-9-25(12-20(28)24-17-8-7-14(21)10-15(17)22)11-19(27)23-16-5-4-6-18(13(16)2)26(29)30/h4-8,10H,3,9,11-12H2,1-2H3,(H,23,27)(H,24,28). The van der Waals surface area contributed by atoms with Crippen LogP contribution in [0.3, 0.4) is 0 Å². The molecule has 30 heavy (non-hydrogen) atoms. The van der Waals surface area contributed by atoms with E-state index in [4.69, 9.17) is 23.2 Å². The van der Waals surface area contributed by atoms with Crippen LogP contribution in [0.25, 0.3) is 0 Å². The number of nitrogens with one attached hydrogen (secondary N) is 2. The summed E-state index contributed by atoms with van der Waals surface area (Å²) in [6.45, 7) is 3.96. The number of carbonyl (C=O) groups excluding carboxylic acids is 2. The van der Waals surface area contributed by atoms with Gasteiger partial charge >= 0.3 is 0 Å². The van der Waals surface area contributed by atoms with Crippen molar-refractivity contribution in [2.24, 2.45) is 0 Å². The largest absolute Gasteiger partial charge is 0.324 e. The summed E-state index contributed by atoms with van der Waals surface area (Å²) in [5.41, 5.74) is 1.09. The van der Waals surface area contributed by atoms with Crippen molar-refractivity contribution in [3.8, 4) is 0 Å². The van der Waals surface area contributed by atoms with Gasteiger partial charge in [0.2, 0.25) is 11.8 Å². The number of benzene rings is 2. The number of hydrogen-bond acceptors (Lipinski definition) is 5. The summed E-state index contributed by atoms with van der Waals surface area (Å²) in [4.78, 5) is 37.1. The van der Waals surface area contributed by atoms with Crippen LogP contribution < -0.4 is 10.6 Å². The van der Waals surface area contributed by atoms with Gasteiger partial charge < -0.3 is 10.6 Å². The van der Waals surface area contributed by atoms with Gasteiger partial charge in [0.05, 0.1) is 40.0 Å². The second-order valence-corrected chi connectivity index (χ2v) is 7.48. The first-order chi connectivity index (χ1) is 14.2. The Kier molecular flexibility index (Phi) is 8.58. The van der Waals surface area contributed by atoms with Crippen LogP contribution in [0.1, 0.15) is 18.9 Å². The van der Waals surface area contributed by atoms with Gasteiger partial charge in [-0.2, -0.15) is 0 Å². The van der Waals surface area contributed by atoms with E-state index in [1.54, 1.807) is 30.0 Å². The molecule has 8 nitrogen and oxygen atoms in total. The average Bonchev–Trinajstić information content (AvgIpc) is 2.65. The maximum Gasteiger partial charge on any atom is 0.274 e. The van der Waals surface area contributed by atoms with Gasteiger partial charge in [-0.1, -0.05) is 36.2 Å². The quantitative estimate of drug-likeness (QED) is 0.430. The number of anilines is 2. The first-order valence-corrected chi connectivity index (χ1v) is 9.98. The van der Waals surface area contributed by atoms with Crippen molar-refractivity contribution in [2.45, 2.75) is 20.3 Å². The second kappa shape index (κ2) is 10.9. The number of nitro benzene ring substituents is 1. The lowest BCUT2D eigenvalue weighted by Crippen LogP contribution is -2.39. The Morgan fingerprint density at radius 1 is 1.07 bits per heavy atom. The molecule has 0 bridgehead atoms. The number of amides is 2. The lowest BCUT2D eigenvalue weighted by Gasteiger charge is -2.21. The first-order valence-electron chi connectivity index (χ1n) is 9.22. The Hall–Kier alpha value is -2.68. The predicted molar refractivity (Wildman–Crippen MR) is 118 cm³/mol. The zero-order chi connectivity index (χ0) is 22.3. The van der Waals surface area contributed by atoms with E-state index in [0.29, 0.717) is 33.5 Å². The number of carbonyl (C=O) groups is 2. The molecular weight excluding hydrogens is 431 g/mol. The van der Waals surface area contributed by atoms with E-state index < -0.39 is 4.92 Å². The van der Waals surface area contributed by atoms with Gasteiger partial charge in [0.25, 0.3) is 5.69 Å². The molecule has 2 rings (SSSR count). The van der Waals surface area contributed by atoms with Crippen LogP contribution >= 0.6 is 23.2 Å². The van der Waals surface area contributed by atoms with Gasteiger partial charge in [-0.3, -0.25) is 24.6 Å². The number of nitrogens with zero attached hydrogens (tertiary/aromatic N) is 2. The lowest BCUT2D eigenvalue weighted by molar-refractivity contribution is -0.385. The number of nitro groups is 1. The van der Waals surface area contributed by atoms with Crippen LogP contribution in [-0.2, 0) is 9.59 Å². The molecule has 0 heterocycles. The highest BCUT2D eigenvalue weighted by molar-refractivity contribution is 6.36. The number of rotatable bonds is 9. The van der Waals surface area contributed by atoms with Gasteiger partial charge in [0.1, 0.15) is 0 Å². The van der Waals surface area contributed by atoms with Crippen LogP contribution in [0.4, 0.5) is 17.1 Å². The summed E-state index contributed by atoms with van der Waals surface area (Å²) < 4.78 is 0. The molecule has 0 aromatic heterocycles. The molecule has 0 atom stereocenters. The summed E-state index contributed by atoms with van der Waals surface area (Å²) in [6, 6.07) is 9.22. The van der Waals surface area contributed by atoms with Gasteiger partial charge in [-0.15, -0.1) is 0 Å². The number of hydrogen-bond donors (Lipinski definition) is 2. The van der Waals surface area contributed by atoms with E-state index in [1.807, 2.05) is 6.92 Å². The van der Waals surface area contributed by atoms with E-state index in [0.717, 1.165) is 6.42 Å². The maximum absolute atomic E-state index is 12.5. The maximum atomic E-state index is 12.5. The normalized spacial score (nSPS) is 10.7. The van der Waals surface area contributed by atoms with Gasteiger partial charge in [0.15, 0.2) is 0 Å². The predicted octanol–water partition coefficient (Wildman–Crippen LogP) is 4.50. The van der Waals surface area contributed by atoms with Crippen LogP contribution in [0.15, 0.2) is 36.4 Å². The number of halogens is 2. The molecule has 0 spiro atoms. The fourth-order valence-corrected chi connectivity index (χ4v) is 3.32. The first kappa shape index (κ1) is 23.6. The summed E-state index contributed by atoms with van der Waals surface area (Å²) in [7, 11) is 0. The molecule has 2 aromatic carbocycles. The molecule has 0 aliphatic heterocycles. The van der Waals surface area contributed by atoms with Gasteiger partial charge in [-0.05, 0) is 44.2 Å². The smallest absolute Gasteiger partial charge is 0.274 e. The van der Waals surface area contributed by atoms with E-state index in [9.17, 15) is 19.7 Å². The highest BCUT2D eigenvalue weighted by Crippen LogP contribution is 2.26. The topological polar surface area (TPSA) is 105 Å². The molecule has 0 aliphatic rings. The molecular formula is C20H22Cl2N4O4. The Balaban J connectivity index is 2.01. The monoisotopic (exact) mass is 452 g/mol. The molecule has 2 aromatic rings. The summed E-state index contributed by atoms with van der Waals surface area (Å²) in [5.74, 6) is -0.698. The second-order valence-electron chi connectivity index (χ2n) is 6.64. The molecule has 0 fully saturated rings. The van der Waals surface area contributed by atoms with Crippen LogP contribution in [0.2, 0.25) is 10.0 Å². The van der Waals surface area contributed by atoms with Crippen LogP contribution in [-0.4, -0.2) is 41.3 Å². The van der Waals surface area contributed by atoms with Crippen molar-refractivity contribution in [1.82, 2.24) is 4.90 Å². The van der Waals surface area contributed by atoms with Crippen molar-refractivity contribution in [3.63, 3.8) is 0 Å². The highest BCUT2D eigenvalue weighted by atomic mass is 35.5.